The maximum atomic E-state index is 12.9. The van der Waals surface area contributed by atoms with Crippen molar-refractivity contribution in [2.45, 2.75) is 64.1 Å². The van der Waals surface area contributed by atoms with E-state index in [9.17, 15) is 4.79 Å². The van der Waals surface area contributed by atoms with Gasteiger partial charge in [0.05, 0.1) is 17.8 Å². The third-order valence-electron chi connectivity index (χ3n) is 7.27. The number of benzene rings is 1. The van der Waals surface area contributed by atoms with Crippen LogP contribution >= 0.6 is 12.2 Å². The Hall–Kier alpha value is -3.19. The Morgan fingerprint density at radius 1 is 1.17 bits per heavy atom. The summed E-state index contributed by atoms with van der Waals surface area (Å²) >= 11 is 5.78. The number of amides is 1. The number of carbonyl (C=O) groups excluding carboxylic acids is 1. The predicted octanol–water partition coefficient (Wildman–Crippen LogP) is 5.62. The minimum absolute atomic E-state index is 0.00920. The molecule has 5 rings (SSSR count). The van der Waals surface area contributed by atoms with Crippen LogP contribution in [0.2, 0.25) is 0 Å². The van der Waals surface area contributed by atoms with Crippen LogP contribution in [-0.4, -0.2) is 32.0 Å². The highest BCUT2D eigenvalue weighted by Crippen LogP contribution is 2.40. The highest BCUT2D eigenvalue weighted by atomic mass is 32.1. The molecule has 2 unspecified atom stereocenters. The molecule has 1 aromatic carbocycles. The summed E-state index contributed by atoms with van der Waals surface area (Å²) in [7, 11) is 0. The van der Waals surface area contributed by atoms with Gasteiger partial charge in [0.1, 0.15) is 0 Å². The van der Waals surface area contributed by atoms with Crippen LogP contribution in [-0.2, 0) is 4.79 Å². The lowest BCUT2D eigenvalue weighted by molar-refractivity contribution is -0.116. The molecule has 2 N–H and O–H groups in total. The average molecular weight is 488 g/mol. The Morgan fingerprint density at radius 2 is 2.00 bits per heavy atom. The van der Waals surface area contributed by atoms with Gasteiger partial charge >= 0.3 is 0 Å². The molecule has 182 valence electrons. The van der Waals surface area contributed by atoms with E-state index in [1.54, 1.807) is 0 Å². The predicted molar refractivity (Wildman–Crippen MR) is 143 cm³/mol. The summed E-state index contributed by atoms with van der Waals surface area (Å²) < 4.78 is 2.37. The first-order valence-corrected chi connectivity index (χ1v) is 12.9. The first kappa shape index (κ1) is 23.5. The van der Waals surface area contributed by atoms with Gasteiger partial charge < -0.3 is 20.1 Å². The second-order valence-corrected chi connectivity index (χ2v) is 10.2. The second-order valence-electron chi connectivity index (χ2n) is 9.77. The van der Waals surface area contributed by atoms with Gasteiger partial charge in [0.15, 0.2) is 5.11 Å². The smallest absolute Gasteiger partial charge is 0.226 e. The topological polar surface area (TPSA) is 62.2 Å². The molecule has 35 heavy (non-hydrogen) atoms. The molecule has 1 saturated heterocycles. The zero-order valence-corrected chi connectivity index (χ0v) is 21.2. The number of carbonyl (C=O) groups is 1. The Kier molecular flexibility index (Phi) is 6.86. The number of anilines is 1. The van der Waals surface area contributed by atoms with E-state index in [0.717, 1.165) is 22.5 Å². The Bertz CT molecular complexity index is 1200. The summed E-state index contributed by atoms with van der Waals surface area (Å²) in [6, 6.07) is 14.8. The Morgan fingerprint density at radius 3 is 2.77 bits per heavy atom. The number of hydrogen-bond donors (Lipinski definition) is 2. The quantitative estimate of drug-likeness (QED) is 0.424. The van der Waals surface area contributed by atoms with Crippen molar-refractivity contribution in [1.29, 1.82) is 0 Å². The molecule has 1 amide bonds. The molecule has 1 aliphatic heterocycles. The van der Waals surface area contributed by atoms with Gasteiger partial charge in [-0.3, -0.25) is 9.78 Å². The number of hydrogen-bond acceptors (Lipinski definition) is 3. The monoisotopic (exact) mass is 487 g/mol. The van der Waals surface area contributed by atoms with E-state index in [4.69, 9.17) is 12.2 Å². The molecule has 2 aromatic heterocycles. The number of aryl methyl sites for hydroxylation is 2. The fourth-order valence-corrected chi connectivity index (χ4v) is 5.68. The maximum Gasteiger partial charge on any atom is 0.226 e. The molecule has 0 spiro atoms. The number of pyridine rings is 1. The minimum Gasteiger partial charge on any atom is -0.352 e. The molecular weight excluding hydrogens is 454 g/mol. The lowest BCUT2D eigenvalue weighted by Crippen LogP contribution is -2.32. The van der Waals surface area contributed by atoms with Crippen molar-refractivity contribution in [2.75, 3.05) is 11.9 Å². The molecule has 0 bridgehead atoms. The molecule has 2 atom stereocenters. The number of thiocarbonyl (C=S) groups is 1. The summed E-state index contributed by atoms with van der Waals surface area (Å²) in [5.74, 6) is -0.00920. The fourth-order valence-electron chi connectivity index (χ4n) is 5.35. The molecule has 1 aliphatic carbocycles. The SMILES string of the molecule is Cc1ccc(C)c(NC(=O)CCN2C(=S)NC(c3ccccn3)C2c2ccn(C3CCCC3)c2)c1. The average Bonchev–Trinajstić information content (AvgIpc) is 3.60. The van der Waals surface area contributed by atoms with E-state index < -0.39 is 0 Å². The van der Waals surface area contributed by atoms with Crippen molar-refractivity contribution >= 4 is 28.9 Å². The van der Waals surface area contributed by atoms with Crippen molar-refractivity contribution in [3.8, 4) is 0 Å². The maximum absolute atomic E-state index is 12.9. The van der Waals surface area contributed by atoms with Crippen LogP contribution in [0.3, 0.4) is 0 Å². The summed E-state index contributed by atoms with van der Waals surface area (Å²) in [4.78, 5) is 19.7. The van der Waals surface area contributed by atoms with E-state index >= 15 is 0 Å². The van der Waals surface area contributed by atoms with Crippen molar-refractivity contribution in [2.24, 2.45) is 0 Å². The standard InChI is InChI=1S/C28H33N5OS/c1-19-10-11-20(2)24(17-19)30-25(34)13-16-33-27(21-12-15-32(18-21)22-7-3-4-8-22)26(31-28(33)35)23-9-5-6-14-29-23/h5-6,9-12,14-15,17-18,22,26-27H,3-4,7-8,13,16H2,1-2H3,(H,30,34)(H,31,35). The Labute approximate surface area is 212 Å². The first-order valence-electron chi connectivity index (χ1n) is 12.5. The summed E-state index contributed by atoms with van der Waals surface area (Å²) in [6.07, 6.45) is 11.7. The number of nitrogens with zero attached hydrogens (tertiary/aromatic N) is 3. The van der Waals surface area contributed by atoms with Gasteiger partial charge in [0, 0.05) is 43.3 Å². The van der Waals surface area contributed by atoms with E-state index in [0.29, 0.717) is 24.1 Å². The van der Waals surface area contributed by atoms with Gasteiger partial charge in [-0.15, -0.1) is 0 Å². The summed E-state index contributed by atoms with van der Waals surface area (Å²) in [5, 5.41) is 7.24. The van der Waals surface area contributed by atoms with Crippen molar-refractivity contribution < 1.29 is 4.79 Å². The molecule has 3 heterocycles. The molecular formula is C28H33N5OS. The normalized spacial score (nSPS) is 20.3. The van der Waals surface area contributed by atoms with Crippen molar-refractivity contribution in [1.82, 2.24) is 19.8 Å². The van der Waals surface area contributed by atoms with Crippen LogP contribution in [0.4, 0.5) is 5.69 Å². The molecule has 2 aliphatic rings. The van der Waals surface area contributed by atoms with Crippen LogP contribution in [0.1, 0.15) is 72.6 Å². The molecule has 1 saturated carbocycles. The molecule has 6 nitrogen and oxygen atoms in total. The van der Waals surface area contributed by atoms with Crippen LogP contribution in [0.25, 0.3) is 0 Å². The van der Waals surface area contributed by atoms with Crippen LogP contribution in [0.15, 0.2) is 61.1 Å². The van der Waals surface area contributed by atoms with Crippen LogP contribution in [0.5, 0.6) is 0 Å². The zero-order valence-electron chi connectivity index (χ0n) is 20.4. The van der Waals surface area contributed by atoms with Gasteiger partial charge in [0.25, 0.3) is 0 Å². The Balaban J connectivity index is 1.36. The van der Waals surface area contributed by atoms with Gasteiger partial charge in [-0.25, -0.2) is 0 Å². The van der Waals surface area contributed by atoms with E-state index in [2.05, 4.69) is 49.6 Å². The second kappa shape index (κ2) is 10.2. The van der Waals surface area contributed by atoms with Gasteiger partial charge in [-0.2, -0.15) is 0 Å². The molecule has 2 fully saturated rings. The molecule has 3 aromatic rings. The lowest BCUT2D eigenvalue weighted by atomic mass is 9.99. The number of rotatable bonds is 7. The lowest BCUT2D eigenvalue weighted by Gasteiger charge is -2.27. The zero-order chi connectivity index (χ0) is 24.4. The molecule has 0 radical (unpaired) electrons. The van der Waals surface area contributed by atoms with Crippen LogP contribution in [0, 0.1) is 13.8 Å². The third kappa shape index (κ3) is 5.10. The van der Waals surface area contributed by atoms with Gasteiger partial charge in [-0.1, -0.05) is 31.0 Å². The van der Waals surface area contributed by atoms with Crippen molar-refractivity contribution in [3.05, 3.63) is 83.4 Å². The number of aromatic nitrogens is 2. The van der Waals surface area contributed by atoms with Gasteiger partial charge in [-0.05, 0) is 79.9 Å². The number of nitrogens with one attached hydrogen (secondary N) is 2. The van der Waals surface area contributed by atoms with Crippen LogP contribution < -0.4 is 10.6 Å². The largest absolute Gasteiger partial charge is 0.352 e. The molecule has 7 heteroatoms. The fraction of sp³-hybridized carbons (Fsp3) is 0.393. The van der Waals surface area contributed by atoms with E-state index in [-0.39, 0.29) is 18.0 Å². The van der Waals surface area contributed by atoms with E-state index in [1.165, 1.54) is 31.2 Å². The third-order valence-corrected chi connectivity index (χ3v) is 7.62. The van der Waals surface area contributed by atoms with E-state index in [1.807, 2.05) is 50.4 Å². The first-order chi connectivity index (χ1) is 17.0. The summed E-state index contributed by atoms with van der Waals surface area (Å²) in [6.45, 7) is 4.58. The van der Waals surface area contributed by atoms with Gasteiger partial charge in [0.2, 0.25) is 5.91 Å². The highest BCUT2D eigenvalue weighted by Gasteiger charge is 2.40. The highest BCUT2D eigenvalue weighted by molar-refractivity contribution is 7.80. The van der Waals surface area contributed by atoms with Crippen molar-refractivity contribution in [3.63, 3.8) is 0 Å². The summed E-state index contributed by atoms with van der Waals surface area (Å²) in [5.41, 5.74) is 5.21. The minimum atomic E-state index is -0.0646.